The van der Waals surface area contributed by atoms with Crippen molar-refractivity contribution in [3.05, 3.63) is 41.2 Å². The van der Waals surface area contributed by atoms with E-state index in [4.69, 9.17) is 0 Å². The summed E-state index contributed by atoms with van der Waals surface area (Å²) < 4.78 is 1.79. The number of fused-ring (bicyclic) bond motifs is 1. The number of benzene rings is 1. The Kier molecular flexibility index (Phi) is 2.85. The molecule has 1 aliphatic carbocycles. The van der Waals surface area contributed by atoms with Crippen molar-refractivity contribution in [3.8, 4) is 0 Å². The normalized spacial score (nSPS) is 21.8. The van der Waals surface area contributed by atoms with Crippen LogP contribution in [0.4, 0.5) is 0 Å². The van der Waals surface area contributed by atoms with Crippen molar-refractivity contribution < 1.29 is 0 Å². The molecular weight excluding hydrogens is 262 g/mol. The van der Waals surface area contributed by atoms with Gasteiger partial charge in [0.25, 0.3) is 0 Å². The first kappa shape index (κ1) is 13.0. The molecule has 2 aliphatic rings. The third-order valence-corrected chi connectivity index (χ3v) is 5.29. The van der Waals surface area contributed by atoms with E-state index in [1.807, 2.05) is 7.05 Å². The number of aryl methyl sites for hydroxylation is 1. The van der Waals surface area contributed by atoms with Crippen LogP contribution < -0.4 is 0 Å². The Morgan fingerprint density at radius 3 is 2.52 bits per heavy atom. The van der Waals surface area contributed by atoms with Gasteiger partial charge in [-0.05, 0) is 59.7 Å². The highest BCUT2D eigenvalue weighted by Gasteiger charge is 2.44. The Labute approximate surface area is 125 Å². The van der Waals surface area contributed by atoms with Gasteiger partial charge in [-0.2, -0.15) is 0 Å². The maximum atomic E-state index is 4.17. The molecule has 1 atom stereocenters. The van der Waals surface area contributed by atoms with Crippen LogP contribution >= 0.6 is 0 Å². The molecule has 1 aromatic heterocycles. The van der Waals surface area contributed by atoms with Crippen LogP contribution in [0.5, 0.6) is 0 Å². The van der Waals surface area contributed by atoms with E-state index in [1.165, 1.54) is 19.3 Å². The van der Waals surface area contributed by atoms with Crippen molar-refractivity contribution in [2.75, 3.05) is 13.1 Å². The van der Waals surface area contributed by atoms with Gasteiger partial charge in [-0.1, -0.05) is 24.3 Å². The first-order valence-electron chi connectivity index (χ1n) is 7.70. The zero-order chi connectivity index (χ0) is 14.4. The molecule has 5 nitrogen and oxygen atoms in total. The predicted octanol–water partition coefficient (Wildman–Crippen LogP) is 1.76. The highest BCUT2D eigenvalue weighted by molar-refractivity contribution is 5.35. The van der Waals surface area contributed by atoms with Crippen molar-refractivity contribution in [1.82, 2.24) is 25.1 Å². The zero-order valence-corrected chi connectivity index (χ0v) is 12.7. The lowest BCUT2D eigenvalue weighted by Gasteiger charge is -2.27. The lowest BCUT2D eigenvalue weighted by atomic mass is 9.84. The van der Waals surface area contributed by atoms with Gasteiger partial charge >= 0.3 is 0 Å². The van der Waals surface area contributed by atoms with Crippen LogP contribution in [-0.2, 0) is 19.9 Å². The summed E-state index contributed by atoms with van der Waals surface area (Å²) in [5.41, 5.74) is 3.53. The van der Waals surface area contributed by atoms with Gasteiger partial charge in [0.2, 0.25) is 0 Å². The van der Waals surface area contributed by atoms with Gasteiger partial charge in [0.15, 0.2) is 5.82 Å². The molecule has 1 fully saturated rings. The molecule has 0 bridgehead atoms. The van der Waals surface area contributed by atoms with Gasteiger partial charge in [0, 0.05) is 13.6 Å². The number of hydrogen-bond acceptors (Lipinski definition) is 4. The van der Waals surface area contributed by atoms with Crippen molar-refractivity contribution in [1.29, 1.82) is 0 Å². The Hall–Kier alpha value is -1.75. The first-order valence-corrected chi connectivity index (χ1v) is 7.70. The molecule has 0 N–H and O–H groups in total. The molecule has 2 aromatic rings. The first-order chi connectivity index (χ1) is 10.2. The van der Waals surface area contributed by atoms with Gasteiger partial charge in [0.05, 0.1) is 6.04 Å². The van der Waals surface area contributed by atoms with E-state index in [-0.39, 0.29) is 6.04 Å². The zero-order valence-electron chi connectivity index (χ0n) is 12.7. The van der Waals surface area contributed by atoms with Crippen LogP contribution in [0, 0.1) is 5.41 Å². The number of hydrogen-bond donors (Lipinski definition) is 0. The number of likely N-dealkylation sites (tertiary alicyclic amines) is 1. The van der Waals surface area contributed by atoms with Crippen LogP contribution in [0.3, 0.4) is 0 Å². The van der Waals surface area contributed by atoms with Crippen molar-refractivity contribution in [2.24, 2.45) is 12.5 Å². The molecule has 1 aliphatic heterocycles. The third-order valence-electron chi connectivity index (χ3n) is 5.29. The molecule has 0 amide bonds. The van der Waals surface area contributed by atoms with Gasteiger partial charge < -0.3 is 0 Å². The van der Waals surface area contributed by atoms with Crippen LogP contribution in [0.1, 0.15) is 36.3 Å². The molecule has 2 heterocycles. The Balaban J connectivity index is 1.53. The Morgan fingerprint density at radius 1 is 1.19 bits per heavy atom. The fraction of sp³-hybridized carbons (Fsp3) is 0.562. The van der Waals surface area contributed by atoms with E-state index in [1.54, 1.807) is 15.8 Å². The maximum Gasteiger partial charge on any atom is 0.167 e. The smallest absolute Gasteiger partial charge is 0.167 e. The van der Waals surface area contributed by atoms with E-state index < -0.39 is 0 Å². The fourth-order valence-electron chi connectivity index (χ4n) is 4.12. The minimum absolute atomic E-state index is 0.285. The minimum Gasteiger partial charge on any atom is -0.293 e. The van der Waals surface area contributed by atoms with E-state index in [9.17, 15) is 0 Å². The summed E-state index contributed by atoms with van der Waals surface area (Å²) in [6, 6.07) is 9.20. The summed E-state index contributed by atoms with van der Waals surface area (Å²) in [4.78, 5) is 2.54. The van der Waals surface area contributed by atoms with E-state index in [0.717, 1.165) is 18.9 Å². The molecule has 1 spiro atoms. The second-order valence-electron chi connectivity index (χ2n) is 6.68. The topological polar surface area (TPSA) is 46.8 Å². The van der Waals surface area contributed by atoms with Gasteiger partial charge in [-0.15, -0.1) is 5.10 Å². The summed E-state index contributed by atoms with van der Waals surface area (Å²) in [6.45, 7) is 4.50. The van der Waals surface area contributed by atoms with Gasteiger partial charge in [0.1, 0.15) is 0 Å². The number of tetrazole rings is 1. The molecule has 1 unspecified atom stereocenters. The molecule has 4 rings (SSSR count). The standard InChI is InChI=1S/C16H21N5/c1-12(15-17-18-19-20(15)2)21-8-7-16(11-21)9-13-5-3-4-6-14(13)10-16/h3-6,12H,7-11H2,1-2H3. The lowest BCUT2D eigenvalue weighted by Crippen LogP contribution is -2.31. The minimum atomic E-state index is 0.285. The van der Waals surface area contributed by atoms with E-state index in [2.05, 4.69) is 51.6 Å². The fourth-order valence-corrected chi connectivity index (χ4v) is 4.12. The predicted molar refractivity (Wildman–Crippen MR) is 79.7 cm³/mol. The van der Waals surface area contributed by atoms with Crippen molar-refractivity contribution >= 4 is 0 Å². The van der Waals surface area contributed by atoms with Gasteiger partial charge in [-0.25, -0.2) is 4.68 Å². The number of nitrogens with zero attached hydrogens (tertiary/aromatic N) is 5. The second kappa shape index (κ2) is 4.63. The molecule has 0 radical (unpaired) electrons. The quantitative estimate of drug-likeness (QED) is 0.842. The number of aromatic nitrogens is 4. The SMILES string of the molecule is CC(c1nnnn1C)N1CCC2(Cc3ccccc3C2)C1. The molecule has 1 saturated heterocycles. The van der Waals surface area contributed by atoms with Crippen LogP contribution in [0.2, 0.25) is 0 Å². The van der Waals surface area contributed by atoms with Gasteiger partial charge in [-0.3, -0.25) is 4.90 Å². The van der Waals surface area contributed by atoms with Crippen molar-refractivity contribution in [2.45, 2.75) is 32.2 Å². The van der Waals surface area contributed by atoms with Crippen molar-refractivity contribution in [3.63, 3.8) is 0 Å². The molecule has 1 aromatic carbocycles. The van der Waals surface area contributed by atoms with Crippen LogP contribution in [0.25, 0.3) is 0 Å². The molecular formula is C16H21N5. The summed E-state index contributed by atoms with van der Waals surface area (Å²) in [5, 5.41) is 11.9. The van der Waals surface area contributed by atoms with E-state index in [0.29, 0.717) is 5.41 Å². The van der Waals surface area contributed by atoms with E-state index >= 15 is 0 Å². The Morgan fingerprint density at radius 2 is 1.90 bits per heavy atom. The van der Waals surface area contributed by atoms with Crippen LogP contribution in [0.15, 0.2) is 24.3 Å². The van der Waals surface area contributed by atoms with Crippen LogP contribution in [-0.4, -0.2) is 38.2 Å². The average molecular weight is 283 g/mol. The highest BCUT2D eigenvalue weighted by atomic mass is 15.5. The largest absolute Gasteiger partial charge is 0.293 e. The lowest BCUT2D eigenvalue weighted by molar-refractivity contribution is 0.208. The average Bonchev–Trinajstić information content (AvgIpc) is 3.17. The highest BCUT2D eigenvalue weighted by Crippen LogP contribution is 2.45. The second-order valence-corrected chi connectivity index (χ2v) is 6.68. The Bertz CT molecular complexity index is 637. The summed E-state index contributed by atoms with van der Waals surface area (Å²) in [5.74, 6) is 0.961. The molecule has 110 valence electrons. The molecule has 5 heteroatoms. The number of rotatable bonds is 2. The maximum absolute atomic E-state index is 4.17. The summed E-state index contributed by atoms with van der Waals surface area (Å²) >= 11 is 0. The third kappa shape index (κ3) is 2.07. The summed E-state index contributed by atoms with van der Waals surface area (Å²) in [6.07, 6.45) is 3.73. The molecule has 0 saturated carbocycles. The monoisotopic (exact) mass is 283 g/mol. The summed E-state index contributed by atoms with van der Waals surface area (Å²) in [7, 11) is 1.92. The molecule has 21 heavy (non-hydrogen) atoms.